The smallest absolute Gasteiger partial charge is 0.195 e. The molecule has 2 aromatic rings. The molecule has 1 N–H and O–H groups in total. The average molecular weight is 193 g/mol. The number of nitrogens with one attached hydrogen (secondary N) is 1. The van der Waals surface area contributed by atoms with Gasteiger partial charge in [-0.2, -0.15) is 5.10 Å². The largest absolute Gasteiger partial charge is 0.302 e. The van der Waals surface area contributed by atoms with E-state index in [1.807, 2.05) is 7.05 Å². The molecule has 2 aromatic heterocycles. The number of aromatic nitrogens is 5. The van der Waals surface area contributed by atoms with E-state index in [0.717, 1.165) is 0 Å². The Morgan fingerprint density at radius 1 is 1.46 bits per heavy atom. The fraction of sp³-hybridized carbons (Fsp3) is 0.143. The highest BCUT2D eigenvalue weighted by atomic mass is 32.1. The Labute approximate surface area is 79.5 Å². The highest BCUT2D eigenvalue weighted by molar-refractivity contribution is 7.71. The maximum Gasteiger partial charge on any atom is 0.195 e. The number of hydrogen-bond acceptors (Lipinski definition) is 4. The summed E-state index contributed by atoms with van der Waals surface area (Å²) in [5.74, 6) is 0.693. The molecule has 0 unspecified atom stereocenters. The van der Waals surface area contributed by atoms with Crippen molar-refractivity contribution >= 4 is 12.2 Å². The lowest BCUT2D eigenvalue weighted by atomic mass is 10.4. The topological polar surface area (TPSA) is 59.4 Å². The van der Waals surface area contributed by atoms with Crippen LogP contribution in [-0.2, 0) is 7.05 Å². The summed E-state index contributed by atoms with van der Waals surface area (Å²) in [5, 5.41) is 6.71. The van der Waals surface area contributed by atoms with Crippen LogP contribution >= 0.6 is 12.2 Å². The van der Waals surface area contributed by atoms with Gasteiger partial charge in [0.15, 0.2) is 10.6 Å². The van der Waals surface area contributed by atoms with Crippen LogP contribution < -0.4 is 0 Å². The first-order valence-electron chi connectivity index (χ1n) is 3.67. The molecule has 0 amide bonds. The molecule has 0 aliphatic carbocycles. The van der Waals surface area contributed by atoms with E-state index in [4.69, 9.17) is 12.2 Å². The minimum absolute atomic E-state index is 0.570. The highest BCUT2D eigenvalue weighted by Crippen LogP contribution is 2.10. The van der Waals surface area contributed by atoms with Gasteiger partial charge < -0.3 is 4.57 Å². The van der Waals surface area contributed by atoms with Gasteiger partial charge in [-0.25, -0.2) is 4.98 Å². The molecule has 0 aromatic carbocycles. The Hall–Kier alpha value is -1.56. The van der Waals surface area contributed by atoms with Crippen LogP contribution in [0.3, 0.4) is 0 Å². The predicted molar refractivity (Wildman–Crippen MR) is 49.4 cm³/mol. The molecule has 0 saturated carbocycles. The van der Waals surface area contributed by atoms with Crippen molar-refractivity contribution in [2.24, 2.45) is 7.05 Å². The molecule has 0 radical (unpaired) electrons. The van der Waals surface area contributed by atoms with Gasteiger partial charge in [-0.1, -0.05) is 0 Å². The van der Waals surface area contributed by atoms with E-state index in [1.165, 1.54) is 0 Å². The maximum absolute atomic E-state index is 4.97. The van der Waals surface area contributed by atoms with E-state index in [1.54, 1.807) is 23.2 Å². The predicted octanol–water partition coefficient (Wildman–Crippen LogP) is 0.935. The van der Waals surface area contributed by atoms with Crippen molar-refractivity contribution in [2.75, 3.05) is 0 Å². The van der Waals surface area contributed by atoms with Gasteiger partial charge in [0.05, 0.1) is 6.20 Å². The van der Waals surface area contributed by atoms with Crippen molar-refractivity contribution < 1.29 is 0 Å². The molecule has 2 rings (SSSR count). The first kappa shape index (κ1) is 8.06. The quantitative estimate of drug-likeness (QED) is 0.684. The van der Waals surface area contributed by atoms with Crippen molar-refractivity contribution in [2.45, 2.75) is 0 Å². The third-order valence-electron chi connectivity index (χ3n) is 1.67. The molecule has 0 fully saturated rings. The Morgan fingerprint density at radius 2 is 2.31 bits per heavy atom. The molecule has 6 heteroatoms. The zero-order valence-corrected chi connectivity index (χ0v) is 7.75. The van der Waals surface area contributed by atoms with Crippen LogP contribution in [0.4, 0.5) is 0 Å². The molecule has 0 saturated heterocycles. The van der Waals surface area contributed by atoms with Crippen LogP contribution in [0, 0.1) is 4.77 Å². The number of H-pyrrole nitrogens is 1. The number of rotatable bonds is 1. The molecule has 0 bridgehead atoms. The molecule has 66 valence electrons. The molecular weight excluding hydrogens is 186 g/mol. The zero-order chi connectivity index (χ0) is 9.26. The molecule has 0 spiro atoms. The van der Waals surface area contributed by atoms with E-state index in [9.17, 15) is 0 Å². The summed E-state index contributed by atoms with van der Waals surface area (Å²) < 4.78 is 2.32. The minimum atomic E-state index is 0.570. The van der Waals surface area contributed by atoms with Gasteiger partial charge in [0, 0.05) is 19.4 Å². The molecule has 0 atom stereocenters. The van der Waals surface area contributed by atoms with Crippen LogP contribution in [0.5, 0.6) is 0 Å². The van der Waals surface area contributed by atoms with Crippen molar-refractivity contribution in [1.29, 1.82) is 0 Å². The van der Waals surface area contributed by atoms with Crippen LogP contribution in [0.25, 0.3) is 11.5 Å². The second-order valence-electron chi connectivity index (χ2n) is 2.50. The van der Waals surface area contributed by atoms with Crippen molar-refractivity contribution in [3.8, 4) is 11.5 Å². The maximum atomic E-state index is 4.97. The van der Waals surface area contributed by atoms with Crippen molar-refractivity contribution in [3.05, 3.63) is 23.4 Å². The second-order valence-corrected chi connectivity index (χ2v) is 2.89. The van der Waals surface area contributed by atoms with Gasteiger partial charge in [-0.05, 0) is 12.2 Å². The number of hydrogen-bond donors (Lipinski definition) is 1. The standard InChI is InChI=1S/C7H7N5S/c1-12-6(10-11-7(12)13)5-4-8-2-3-9-5/h2-4H,1H3,(H,11,13). The Bertz CT molecular complexity index is 457. The molecule has 13 heavy (non-hydrogen) atoms. The lowest BCUT2D eigenvalue weighted by Crippen LogP contribution is -1.94. The minimum Gasteiger partial charge on any atom is -0.302 e. The summed E-state index contributed by atoms with van der Waals surface area (Å²) in [5.41, 5.74) is 0.706. The molecule has 0 aliphatic rings. The van der Waals surface area contributed by atoms with Gasteiger partial charge in [0.25, 0.3) is 0 Å². The van der Waals surface area contributed by atoms with Gasteiger partial charge in [0.1, 0.15) is 5.69 Å². The summed E-state index contributed by atoms with van der Waals surface area (Å²) in [6.45, 7) is 0. The third kappa shape index (κ3) is 1.35. The molecule has 5 nitrogen and oxygen atoms in total. The van der Waals surface area contributed by atoms with Crippen LogP contribution in [-0.4, -0.2) is 24.7 Å². The van der Waals surface area contributed by atoms with E-state index in [0.29, 0.717) is 16.3 Å². The first-order chi connectivity index (χ1) is 6.29. The van der Waals surface area contributed by atoms with Crippen molar-refractivity contribution in [1.82, 2.24) is 24.7 Å². The molecular formula is C7H7N5S. The summed E-state index contributed by atoms with van der Waals surface area (Å²) in [6, 6.07) is 0. The average Bonchev–Trinajstić information content (AvgIpc) is 2.49. The summed E-state index contributed by atoms with van der Waals surface area (Å²) in [6.07, 6.45) is 4.88. The number of nitrogens with zero attached hydrogens (tertiary/aromatic N) is 4. The second kappa shape index (κ2) is 3.06. The van der Waals surface area contributed by atoms with Gasteiger partial charge >= 0.3 is 0 Å². The zero-order valence-electron chi connectivity index (χ0n) is 6.93. The SMILES string of the molecule is Cn1c(-c2cnccn2)n[nH]c1=S. The number of aromatic amines is 1. The van der Waals surface area contributed by atoms with E-state index >= 15 is 0 Å². The van der Waals surface area contributed by atoms with E-state index < -0.39 is 0 Å². The third-order valence-corrected chi connectivity index (χ3v) is 2.04. The van der Waals surface area contributed by atoms with Gasteiger partial charge in [-0.15, -0.1) is 0 Å². The Balaban J connectivity index is 2.60. The summed E-state index contributed by atoms with van der Waals surface area (Å²) in [4.78, 5) is 8.06. The Kier molecular flexibility index (Phi) is 1.90. The normalized spacial score (nSPS) is 10.2. The lowest BCUT2D eigenvalue weighted by molar-refractivity contribution is 0.895. The fourth-order valence-corrected chi connectivity index (χ4v) is 1.12. The van der Waals surface area contributed by atoms with E-state index in [2.05, 4.69) is 20.2 Å². The summed E-state index contributed by atoms with van der Waals surface area (Å²) >= 11 is 4.97. The summed E-state index contributed by atoms with van der Waals surface area (Å²) in [7, 11) is 1.83. The fourth-order valence-electron chi connectivity index (χ4n) is 0.991. The molecule has 2 heterocycles. The van der Waals surface area contributed by atoms with Crippen LogP contribution in [0.2, 0.25) is 0 Å². The first-order valence-corrected chi connectivity index (χ1v) is 4.07. The monoisotopic (exact) mass is 193 g/mol. The van der Waals surface area contributed by atoms with E-state index in [-0.39, 0.29) is 0 Å². The van der Waals surface area contributed by atoms with Crippen LogP contribution in [0.15, 0.2) is 18.6 Å². The lowest BCUT2D eigenvalue weighted by Gasteiger charge is -1.96. The van der Waals surface area contributed by atoms with Crippen molar-refractivity contribution in [3.63, 3.8) is 0 Å². The highest BCUT2D eigenvalue weighted by Gasteiger charge is 2.05. The molecule has 0 aliphatic heterocycles. The van der Waals surface area contributed by atoms with Gasteiger partial charge in [0.2, 0.25) is 0 Å². The Morgan fingerprint density at radius 3 is 2.85 bits per heavy atom. The van der Waals surface area contributed by atoms with Crippen LogP contribution in [0.1, 0.15) is 0 Å². The van der Waals surface area contributed by atoms with Gasteiger partial charge in [-0.3, -0.25) is 10.1 Å².